The largest absolute Gasteiger partial charge is 0.482 e. The molecule has 2 aromatic rings. The summed E-state index contributed by atoms with van der Waals surface area (Å²) in [5.74, 6) is 0.192. The Bertz CT molecular complexity index is 783. The van der Waals surface area contributed by atoms with Crippen molar-refractivity contribution in [3.63, 3.8) is 0 Å². The van der Waals surface area contributed by atoms with Crippen molar-refractivity contribution < 1.29 is 28.6 Å². The van der Waals surface area contributed by atoms with Crippen LogP contribution in [-0.2, 0) is 25.5 Å². The normalized spacial score (nSPS) is 10.4. The molecule has 0 aliphatic carbocycles. The van der Waals surface area contributed by atoms with Gasteiger partial charge in [-0.2, -0.15) is 0 Å². The summed E-state index contributed by atoms with van der Waals surface area (Å²) < 4.78 is 15.7. The molecule has 0 saturated heterocycles. The Balaban J connectivity index is 1.92. The molecule has 140 valence electrons. The number of carbonyl (C=O) groups is 3. The molecule has 0 aliphatic heterocycles. The Morgan fingerprint density at radius 1 is 0.889 bits per heavy atom. The van der Waals surface area contributed by atoms with Crippen LogP contribution in [0.3, 0.4) is 0 Å². The number of rotatable bonds is 11. The lowest BCUT2D eigenvalue weighted by Crippen LogP contribution is -2.05. The van der Waals surface area contributed by atoms with Crippen LogP contribution >= 0.6 is 0 Å². The van der Waals surface area contributed by atoms with E-state index >= 15 is 0 Å². The average molecular weight is 368 g/mol. The van der Waals surface area contributed by atoms with Crippen molar-refractivity contribution in [1.29, 1.82) is 0 Å². The second-order valence-electron chi connectivity index (χ2n) is 5.40. The maximum atomic E-state index is 11.8. The molecule has 0 saturated carbocycles. The summed E-state index contributed by atoms with van der Waals surface area (Å²) in [7, 11) is 0. The molecule has 0 heterocycles. The van der Waals surface area contributed by atoms with Crippen molar-refractivity contribution in [2.45, 2.75) is 6.42 Å². The van der Waals surface area contributed by atoms with Gasteiger partial charge in [0.1, 0.15) is 13.2 Å². The Morgan fingerprint density at radius 2 is 1.59 bits per heavy atom. The van der Waals surface area contributed by atoms with Crippen molar-refractivity contribution in [3.05, 3.63) is 65.7 Å². The van der Waals surface area contributed by atoms with Crippen LogP contribution in [0, 0.1) is 0 Å². The third-order valence-electron chi connectivity index (χ3n) is 3.47. The minimum atomic E-state index is -0.456. The van der Waals surface area contributed by atoms with Gasteiger partial charge in [-0.1, -0.05) is 36.4 Å². The Morgan fingerprint density at radius 3 is 2.30 bits per heavy atom. The number of hydrogen-bond donors (Lipinski definition) is 0. The van der Waals surface area contributed by atoms with Gasteiger partial charge in [0.15, 0.2) is 24.1 Å². The standard InChI is InChI=1S/C21H20O6/c22-11-14-25-19-8-6-18(16-20(19)26-15-12-23)7-9-21(24)27-13-10-17-4-2-1-3-5-17/h1-9,11-12,16H,10,13-15H2. The molecule has 0 spiro atoms. The predicted octanol–water partition coefficient (Wildman–Crippen LogP) is 2.64. The number of aldehydes is 2. The van der Waals surface area contributed by atoms with Crippen LogP contribution in [0.4, 0.5) is 0 Å². The van der Waals surface area contributed by atoms with Gasteiger partial charge < -0.3 is 14.2 Å². The van der Waals surface area contributed by atoms with E-state index in [1.807, 2.05) is 30.3 Å². The zero-order valence-corrected chi connectivity index (χ0v) is 14.7. The van der Waals surface area contributed by atoms with Gasteiger partial charge in [-0.3, -0.25) is 9.59 Å². The van der Waals surface area contributed by atoms with Gasteiger partial charge in [0, 0.05) is 12.5 Å². The summed E-state index contributed by atoms with van der Waals surface area (Å²) in [6.45, 7) is 0.0197. The first kappa shape index (κ1) is 19.9. The van der Waals surface area contributed by atoms with Crippen molar-refractivity contribution in [2.75, 3.05) is 19.8 Å². The molecule has 0 amide bonds. The van der Waals surface area contributed by atoms with E-state index in [1.54, 1.807) is 24.3 Å². The zero-order valence-electron chi connectivity index (χ0n) is 14.7. The molecule has 6 nitrogen and oxygen atoms in total. The minimum Gasteiger partial charge on any atom is -0.482 e. The number of esters is 1. The molecule has 0 radical (unpaired) electrons. The molecule has 0 atom stereocenters. The Hall–Kier alpha value is -3.41. The molecule has 0 bridgehead atoms. The second-order valence-corrected chi connectivity index (χ2v) is 5.40. The zero-order chi connectivity index (χ0) is 19.3. The van der Waals surface area contributed by atoms with Crippen LogP contribution in [0.15, 0.2) is 54.6 Å². The SMILES string of the molecule is O=CCOc1ccc(C=CC(=O)OCCc2ccccc2)cc1OCC=O. The van der Waals surface area contributed by atoms with E-state index in [4.69, 9.17) is 14.2 Å². The fourth-order valence-corrected chi connectivity index (χ4v) is 2.23. The lowest BCUT2D eigenvalue weighted by molar-refractivity contribution is -0.137. The highest BCUT2D eigenvalue weighted by molar-refractivity contribution is 5.87. The first-order valence-corrected chi connectivity index (χ1v) is 8.38. The molecule has 0 aliphatic rings. The molecule has 2 rings (SSSR count). The lowest BCUT2D eigenvalue weighted by Gasteiger charge is -2.10. The number of carbonyl (C=O) groups excluding carboxylic acids is 3. The van der Waals surface area contributed by atoms with Gasteiger partial charge >= 0.3 is 5.97 Å². The first-order valence-electron chi connectivity index (χ1n) is 8.38. The maximum Gasteiger partial charge on any atom is 0.330 e. The molecule has 0 aromatic heterocycles. The summed E-state index contributed by atoms with van der Waals surface area (Å²) >= 11 is 0. The van der Waals surface area contributed by atoms with Gasteiger partial charge in [-0.25, -0.2) is 4.79 Å². The molecule has 27 heavy (non-hydrogen) atoms. The highest BCUT2D eigenvalue weighted by Gasteiger charge is 2.06. The molecule has 2 aromatic carbocycles. The predicted molar refractivity (Wildman–Crippen MR) is 99.7 cm³/mol. The van der Waals surface area contributed by atoms with Gasteiger partial charge in [-0.15, -0.1) is 0 Å². The average Bonchev–Trinajstić information content (AvgIpc) is 2.70. The molecule has 0 N–H and O–H groups in total. The maximum absolute atomic E-state index is 11.8. The van der Waals surface area contributed by atoms with Crippen LogP contribution < -0.4 is 9.47 Å². The summed E-state index contributed by atoms with van der Waals surface area (Å²) in [5, 5.41) is 0. The summed E-state index contributed by atoms with van der Waals surface area (Å²) in [4.78, 5) is 32.8. The third-order valence-corrected chi connectivity index (χ3v) is 3.47. The van der Waals surface area contributed by atoms with Crippen molar-refractivity contribution >= 4 is 24.6 Å². The fraction of sp³-hybridized carbons (Fsp3) is 0.190. The quantitative estimate of drug-likeness (QED) is 0.345. The number of ether oxygens (including phenoxy) is 3. The number of benzene rings is 2. The fourth-order valence-electron chi connectivity index (χ4n) is 2.23. The lowest BCUT2D eigenvalue weighted by atomic mass is 10.2. The summed E-state index contributed by atoms with van der Waals surface area (Å²) in [6, 6.07) is 14.6. The molecule has 6 heteroatoms. The highest BCUT2D eigenvalue weighted by atomic mass is 16.5. The van der Waals surface area contributed by atoms with Crippen LogP contribution in [0.1, 0.15) is 11.1 Å². The minimum absolute atomic E-state index is 0.125. The van der Waals surface area contributed by atoms with Gasteiger partial charge in [0.05, 0.1) is 6.61 Å². The third kappa shape index (κ3) is 7.15. The number of hydrogen-bond acceptors (Lipinski definition) is 6. The molecule has 0 unspecified atom stereocenters. The Labute approximate surface area is 157 Å². The van der Waals surface area contributed by atoms with E-state index in [9.17, 15) is 14.4 Å². The second kappa shape index (κ2) is 11.3. The van der Waals surface area contributed by atoms with Crippen molar-refractivity contribution in [2.24, 2.45) is 0 Å². The van der Waals surface area contributed by atoms with E-state index in [0.717, 1.165) is 5.56 Å². The molecule has 0 fully saturated rings. The van der Waals surface area contributed by atoms with Crippen LogP contribution in [0.25, 0.3) is 6.08 Å². The van der Waals surface area contributed by atoms with E-state index in [1.165, 1.54) is 6.08 Å². The van der Waals surface area contributed by atoms with E-state index < -0.39 is 5.97 Å². The topological polar surface area (TPSA) is 78.9 Å². The Kier molecular flexibility index (Phi) is 8.30. The van der Waals surface area contributed by atoms with E-state index in [2.05, 4.69) is 0 Å². The van der Waals surface area contributed by atoms with E-state index in [-0.39, 0.29) is 13.2 Å². The van der Waals surface area contributed by atoms with Gasteiger partial charge in [0.2, 0.25) is 0 Å². The van der Waals surface area contributed by atoms with E-state index in [0.29, 0.717) is 42.7 Å². The molecular weight excluding hydrogens is 348 g/mol. The van der Waals surface area contributed by atoms with Gasteiger partial charge in [-0.05, 0) is 29.3 Å². The smallest absolute Gasteiger partial charge is 0.330 e. The molecular formula is C21H20O6. The van der Waals surface area contributed by atoms with Crippen molar-refractivity contribution in [1.82, 2.24) is 0 Å². The highest BCUT2D eigenvalue weighted by Crippen LogP contribution is 2.28. The van der Waals surface area contributed by atoms with Crippen LogP contribution in [0.5, 0.6) is 11.5 Å². The van der Waals surface area contributed by atoms with Gasteiger partial charge in [0.25, 0.3) is 0 Å². The monoisotopic (exact) mass is 368 g/mol. The summed E-state index contributed by atoms with van der Waals surface area (Å²) in [6.07, 6.45) is 4.75. The van der Waals surface area contributed by atoms with Crippen LogP contribution in [0.2, 0.25) is 0 Å². The van der Waals surface area contributed by atoms with Crippen LogP contribution in [-0.4, -0.2) is 38.4 Å². The summed E-state index contributed by atoms with van der Waals surface area (Å²) in [5.41, 5.74) is 1.76. The first-order chi connectivity index (χ1) is 13.2. The van der Waals surface area contributed by atoms with Crippen molar-refractivity contribution in [3.8, 4) is 11.5 Å².